The van der Waals surface area contributed by atoms with Crippen molar-refractivity contribution < 1.29 is 45.2 Å². The minimum atomic E-state index is -3.86. The highest BCUT2D eigenvalue weighted by Crippen LogP contribution is 2.64. The number of nitrogens with zero attached hydrogens (tertiary/aromatic N) is 1. The Morgan fingerprint density at radius 3 is 1.97 bits per heavy atom. The van der Waals surface area contributed by atoms with E-state index in [2.05, 4.69) is 0 Å². The minimum Gasteiger partial charge on any atom is -0.310 e. The summed E-state index contributed by atoms with van der Waals surface area (Å²) >= 11 is 0. The summed E-state index contributed by atoms with van der Waals surface area (Å²) in [5, 5.41) is -0.596. The largest absolute Gasteiger partial charge is 0.310 e. The van der Waals surface area contributed by atoms with Crippen LogP contribution in [0.5, 0.6) is 0 Å². The van der Waals surface area contributed by atoms with Crippen LogP contribution in [0, 0.1) is 0 Å². The van der Waals surface area contributed by atoms with E-state index in [0.717, 1.165) is 30.3 Å². The van der Waals surface area contributed by atoms with Crippen LogP contribution in [0.4, 0.5) is 17.1 Å². The molecule has 0 radical (unpaired) electrons. The van der Waals surface area contributed by atoms with Crippen LogP contribution in [0.15, 0.2) is 224 Å². The summed E-state index contributed by atoms with van der Waals surface area (Å²) in [6.45, 7) is -7.71. The van der Waals surface area contributed by atoms with Gasteiger partial charge < -0.3 is 4.90 Å². The first-order chi connectivity index (χ1) is 44.7. The fraction of sp³-hybridized carbons (Fsp3) is 0.0645. The smallest absolute Gasteiger partial charge is 0.0725 e. The van der Waals surface area contributed by atoms with Gasteiger partial charge in [-0.15, -0.1) is 0 Å². The highest BCUT2D eigenvalue weighted by atomic mass is 15.1. The molecule has 0 fully saturated rings. The maximum Gasteiger partial charge on any atom is 0.0725 e. The number of hydrogen-bond acceptors (Lipinski definition) is 1. The Kier molecular flexibility index (Phi) is 3.44. The molecular weight excluding hydrogens is 759 g/mol. The number of para-hydroxylation sites is 1. The van der Waals surface area contributed by atoms with Crippen molar-refractivity contribution in [1.82, 2.24) is 0 Å². The molecule has 0 N–H and O–H groups in total. The van der Waals surface area contributed by atoms with E-state index in [9.17, 15) is 19.2 Å². The molecule has 296 valence electrons. The van der Waals surface area contributed by atoms with Gasteiger partial charge in [-0.1, -0.05) is 201 Å². The summed E-state index contributed by atoms with van der Waals surface area (Å²) in [5.41, 5.74) is -14.8. The van der Waals surface area contributed by atoms with Gasteiger partial charge in [0.25, 0.3) is 0 Å². The van der Waals surface area contributed by atoms with Crippen molar-refractivity contribution >= 4 is 27.8 Å². The second kappa shape index (κ2) is 13.4. The third-order valence-corrected chi connectivity index (χ3v) is 12.0. The van der Waals surface area contributed by atoms with E-state index in [1.54, 1.807) is 0 Å². The number of benzene rings is 10. The molecule has 0 heterocycles. The lowest BCUT2D eigenvalue weighted by Crippen LogP contribution is -2.25. The SMILES string of the molecule is [2H]c1ccc2c(c1)C1(c3cc([2H])c([2H])c([2H])c3-c3c1cc([2H])c([2H])c3-c1c(-c3cc(N(c4ccc5c(c4[2H])C(C([2H])([2H])[2H])(C([2H])([2H])[2H])c4c([2H])c([2H])c([2H])c([2H])c4-5)c4c([2H])c([2H])c([2H])c([2H])c4[2H])c([2H])c([2H])c3[2H])c([2H])c([2H])c3cc([2H])c([2H])cc13)c1c([2H])c([2H])c([2H])c([2H])c1-2. The summed E-state index contributed by atoms with van der Waals surface area (Å²) < 4.78 is 306. The molecule has 63 heavy (non-hydrogen) atoms. The quantitative estimate of drug-likeness (QED) is 0.167. The van der Waals surface area contributed by atoms with E-state index >= 15 is 0 Å². The number of rotatable bonds is 5. The number of hydrogen-bond donors (Lipinski definition) is 0. The molecule has 1 unspecified atom stereocenters. The zero-order valence-corrected chi connectivity index (χ0v) is 32.2. The predicted octanol–water partition coefficient (Wildman–Crippen LogP) is 16.3. The van der Waals surface area contributed by atoms with Crippen molar-refractivity contribution in [2.45, 2.75) is 24.5 Å². The molecule has 10 aromatic rings. The second-order valence-electron chi connectivity index (χ2n) is 15.0. The van der Waals surface area contributed by atoms with Gasteiger partial charge >= 0.3 is 0 Å². The summed E-state index contributed by atoms with van der Waals surface area (Å²) in [7, 11) is 0. The van der Waals surface area contributed by atoms with E-state index in [4.69, 9.17) is 26.0 Å². The van der Waals surface area contributed by atoms with Gasteiger partial charge in [-0.3, -0.25) is 0 Å². The maximum atomic E-state index is 10.2. The van der Waals surface area contributed by atoms with Crippen LogP contribution in [-0.2, 0) is 10.8 Å². The fourth-order valence-electron chi connectivity index (χ4n) is 9.50. The van der Waals surface area contributed by atoms with Crippen molar-refractivity contribution in [2.24, 2.45) is 0 Å². The Balaban J connectivity index is 1.22. The van der Waals surface area contributed by atoms with Crippen molar-refractivity contribution in [3.8, 4) is 55.6 Å². The predicted molar refractivity (Wildman–Crippen MR) is 263 cm³/mol. The number of anilines is 3. The molecule has 1 heteroatoms. The Labute approximate surface area is 415 Å². The van der Waals surface area contributed by atoms with Crippen molar-refractivity contribution in [3.05, 3.63) is 257 Å². The Bertz CT molecular complexity index is 5280. The Morgan fingerprint density at radius 2 is 1.08 bits per heavy atom. The third kappa shape index (κ3) is 4.94. The van der Waals surface area contributed by atoms with Gasteiger partial charge in [-0.25, -0.2) is 0 Å². The van der Waals surface area contributed by atoms with Gasteiger partial charge in [0.05, 0.1) is 42.4 Å². The fourth-order valence-corrected chi connectivity index (χ4v) is 9.50. The first-order valence-corrected chi connectivity index (χ1v) is 19.5. The molecule has 0 aromatic heterocycles. The monoisotopic (exact) mass is 835 g/mol. The Hall–Kier alpha value is -7.74. The molecule has 10 aromatic carbocycles. The molecule has 1 nitrogen and oxygen atoms in total. The first kappa shape index (κ1) is 16.2. The van der Waals surface area contributed by atoms with Crippen LogP contribution in [0.2, 0.25) is 0 Å². The summed E-state index contributed by atoms with van der Waals surface area (Å²) in [4.78, 5) is 0.601. The van der Waals surface area contributed by atoms with E-state index in [1.165, 1.54) is 30.3 Å². The Morgan fingerprint density at radius 1 is 0.397 bits per heavy atom. The van der Waals surface area contributed by atoms with Crippen LogP contribution in [0.3, 0.4) is 0 Å². The molecule has 0 saturated heterocycles. The van der Waals surface area contributed by atoms with Gasteiger partial charge in [0.15, 0.2) is 0 Å². The lowest BCUT2D eigenvalue weighted by Gasteiger charge is -2.30. The molecular formula is C62H43N. The number of fused-ring (bicyclic) bond motifs is 14. The summed E-state index contributed by atoms with van der Waals surface area (Å²) in [6, 6.07) is -11.4. The average molecular weight is 835 g/mol. The standard InChI is InChI=1S/C62H43N/c1-61(2)53-29-12-8-24-47(53)50-37-35-44(39-58(50)61)63(42-20-4-3-5-21-42)43-22-16-19-41(38-43)46-36-34-40-18-6-7-23-45(40)59(46)52-28-17-33-57-60(52)51-27-11-15-32-56(51)62(57)54-30-13-9-25-48(54)49-26-10-14-31-55(49)62/h3-39H,1-2H3/i1D3,2D3,3D,4D,5D,6D,7D,8D,9D,11D,12D,13D,14D,15D,16D,17D,19D,20D,21D,22D,24D,25D,27D,28D,29D,30D,34D,36D,39D. The minimum absolute atomic E-state index is 0.0779. The second-order valence-corrected chi connectivity index (χ2v) is 15.0. The van der Waals surface area contributed by atoms with E-state index in [0.29, 0.717) is 4.90 Å². The van der Waals surface area contributed by atoms with Gasteiger partial charge in [0, 0.05) is 30.7 Å². The zero-order valence-electron chi connectivity index (χ0n) is 65.2. The molecule has 0 bridgehead atoms. The van der Waals surface area contributed by atoms with E-state index in [1.807, 2.05) is 0 Å². The summed E-state index contributed by atoms with van der Waals surface area (Å²) in [5.74, 6) is 0. The van der Waals surface area contributed by atoms with Crippen LogP contribution < -0.4 is 4.90 Å². The molecule has 0 amide bonds. The lowest BCUT2D eigenvalue weighted by molar-refractivity contribution is 0.660. The maximum absolute atomic E-state index is 10.2. The van der Waals surface area contributed by atoms with Gasteiger partial charge in [-0.2, -0.15) is 0 Å². The van der Waals surface area contributed by atoms with E-state index < -0.39 is 243 Å². The lowest BCUT2D eigenvalue weighted by atomic mass is 9.70. The normalized spacial score (nSPS) is 23.5. The van der Waals surface area contributed by atoms with Gasteiger partial charge in [0.2, 0.25) is 0 Å². The van der Waals surface area contributed by atoms with E-state index in [-0.39, 0.29) is 61.3 Å². The van der Waals surface area contributed by atoms with Crippen molar-refractivity contribution in [1.29, 1.82) is 0 Å². The van der Waals surface area contributed by atoms with Crippen LogP contribution in [-0.4, -0.2) is 0 Å². The summed E-state index contributed by atoms with van der Waals surface area (Å²) in [6.07, 6.45) is 0. The topological polar surface area (TPSA) is 3.24 Å². The zero-order chi connectivity index (χ0) is 70.4. The molecule has 0 aliphatic heterocycles. The van der Waals surface area contributed by atoms with Crippen LogP contribution in [0.1, 0.15) is 92.3 Å². The molecule has 0 saturated carbocycles. The molecule has 1 atom stereocenters. The van der Waals surface area contributed by atoms with Gasteiger partial charge in [0.1, 0.15) is 0 Å². The molecule has 13 rings (SSSR count). The third-order valence-electron chi connectivity index (χ3n) is 12.0. The van der Waals surface area contributed by atoms with Crippen molar-refractivity contribution in [2.75, 3.05) is 4.90 Å². The molecule has 3 aliphatic rings. The highest BCUT2D eigenvalue weighted by molar-refractivity contribution is 6.10. The molecule has 1 spiro atoms. The van der Waals surface area contributed by atoms with Crippen molar-refractivity contribution in [3.63, 3.8) is 0 Å². The first-order valence-electron chi connectivity index (χ1n) is 36.0. The highest BCUT2D eigenvalue weighted by Gasteiger charge is 2.52. The average Bonchev–Trinajstić information content (AvgIpc) is 1.48. The molecule has 3 aliphatic carbocycles. The van der Waals surface area contributed by atoms with Crippen LogP contribution >= 0.6 is 0 Å². The van der Waals surface area contributed by atoms with Gasteiger partial charge in [-0.05, 0) is 136 Å². The van der Waals surface area contributed by atoms with Crippen LogP contribution in [0.25, 0.3) is 66.4 Å².